The first-order valence-electron chi connectivity index (χ1n) is 8.35. The minimum absolute atomic E-state index is 0.167. The SMILES string of the molecule is CC1(C(=O)N2CCCC2CC(O)c2ccccc2)CCNC1. The minimum atomic E-state index is -0.492. The van der Waals surface area contributed by atoms with Gasteiger partial charge >= 0.3 is 0 Å². The van der Waals surface area contributed by atoms with E-state index in [2.05, 4.69) is 12.2 Å². The van der Waals surface area contributed by atoms with E-state index in [1.54, 1.807) is 0 Å². The molecule has 0 bridgehead atoms. The summed E-state index contributed by atoms with van der Waals surface area (Å²) in [6.45, 7) is 4.60. The van der Waals surface area contributed by atoms with Gasteiger partial charge in [-0.3, -0.25) is 4.79 Å². The summed E-state index contributed by atoms with van der Waals surface area (Å²) in [7, 11) is 0. The Hall–Kier alpha value is -1.39. The molecule has 2 heterocycles. The lowest BCUT2D eigenvalue weighted by Crippen LogP contribution is -2.46. The fourth-order valence-corrected chi connectivity index (χ4v) is 3.76. The van der Waals surface area contributed by atoms with Crippen LogP contribution < -0.4 is 5.32 Å². The predicted molar refractivity (Wildman–Crippen MR) is 86.3 cm³/mol. The number of nitrogens with zero attached hydrogens (tertiary/aromatic N) is 1. The van der Waals surface area contributed by atoms with Gasteiger partial charge < -0.3 is 15.3 Å². The number of aliphatic hydroxyl groups excluding tert-OH is 1. The third-order valence-corrected chi connectivity index (χ3v) is 5.20. The van der Waals surface area contributed by atoms with Crippen LogP contribution in [0.4, 0.5) is 0 Å². The second kappa shape index (κ2) is 6.39. The van der Waals surface area contributed by atoms with Gasteiger partial charge in [-0.05, 0) is 44.7 Å². The van der Waals surface area contributed by atoms with Gasteiger partial charge in [0.1, 0.15) is 0 Å². The maximum Gasteiger partial charge on any atom is 0.230 e. The Morgan fingerprint density at radius 1 is 1.45 bits per heavy atom. The van der Waals surface area contributed by atoms with Crippen molar-refractivity contribution in [1.29, 1.82) is 0 Å². The van der Waals surface area contributed by atoms with Crippen molar-refractivity contribution in [2.75, 3.05) is 19.6 Å². The average Bonchev–Trinajstić information content (AvgIpc) is 3.17. The van der Waals surface area contributed by atoms with E-state index in [1.807, 2.05) is 35.2 Å². The van der Waals surface area contributed by atoms with Crippen LogP contribution in [0.1, 0.15) is 44.3 Å². The van der Waals surface area contributed by atoms with Gasteiger partial charge in [-0.25, -0.2) is 0 Å². The van der Waals surface area contributed by atoms with Gasteiger partial charge in [0.2, 0.25) is 5.91 Å². The van der Waals surface area contributed by atoms with Crippen molar-refractivity contribution in [2.45, 2.75) is 44.8 Å². The smallest absolute Gasteiger partial charge is 0.230 e. The normalized spacial score (nSPS) is 29.7. The summed E-state index contributed by atoms with van der Waals surface area (Å²) in [6.07, 6.45) is 3.10. The van der Waals surface area contributed by atoms with E-state index in [-0.39, 0.29) is 17.4 Å². The first-order valence-corrected chi connectivity index (χ1v) is 8.35. The van der Waals surface area contributed by atoms with Crippen LogP contribution in [0.25, 0.3) is 0 Å². The molecule has 120 valence electrons. The lowest BCUT2D eigenvalue weighted by atomic mass is 9.87. The summed E-state index contributed by atoms with van der Waals surface area (Å²) in [4.78, 5) is 14.9. The summed E-state index contributed by atoms with van der Waals surface area (Å²) in [5, 5.41) is 13.8. The highest BCUT2D eigenvalue weighted by Crippen LogP contribution is 2.34. The average molecular weight is 302 g/mol. The van der Waals surface area contributed by atoms with Crippen LogP contribution in [-0.2, 0) is 4.79 Å². The molecule has 2 saturated heterocycles. The Bertz CT molecular complexity index is 511. The zero-order chi connectivity index (χ0) is 15.6. The predicted octanol–water partition coefficient (Wildman–Crippen LogP) is 2.10. The number of hydrogen-bond donors (Lipinski definition) is 2. The molecule has 2 aliphatic rings. The minimum Gasteiger partial charge on any atom is -0.388 e. The third kappa shape index (κ3) is 3.03. The molecular weight excluding hydrogens is 276 g/mol. The number of rotatable bonds is 4. The van der Waals surface area contributed by atoms with Gasteiger partial charge in [0.15, 0.2) is 0 Å². The molecule has 0 radical (unpaired) electrons. The summed E-state index contributed by atoms with van der Waals surface area (Å²) < 4.78 is 0. The first kappa shape index (κ1) is 15.5. The molecule has 1 aromatic rings. The second-order valence-electron chi connectivity index (χ2n) is 6.94. The van der Waals surface area contributed by atoms with Crippen LogP contribution in [0.5, 0.6) is 0 Å². The Morgan fingerprint density at radius 2 is 2.23 bits per heavy atom. The molecular formula is C18H26N2O2. The van der Waals surface area contributed by atoms with Crippen molar-refractivity contribution >= 4 is 5.91 Å². The van der Waals surface area contributed by atoms with Crippen LogP contribution in [0.2, 0.25) is 0 Å². The summed E-state index contributed by atoms with van der Waals surface area (Å²) in [6, 6.07) is 9.92. The van der Waals surface area contributed by atoms with Crippen LogP contribution in [0.15, 0.2) is 30.3 Å². The van der Waals surface area contributed by atoms with Gasteiger partial charge in [-0.2, -0.15) is 0 Å². The number of benzene rings is 1. The molecule has 1 aromatic carbocycles. The van der Waals surface area contributed by atoms with Gasteiger partial charge in [0.25, 0.3) is 0 Å². The molecule has 2 aliphatic heterocycles. The summed E-state index contributed by atoms with van der Waals surface area (Å²) in [5.74, 6) is 0.264. The number of carbonyl (C=O) groups is 1. The van der Waals surface area contributed by atoms with Crippen molar-refractivity contribution in [3.05, 3.63) is 35.9 Å². The van der Waals surface area contributed by atoms with Crippen molar-refractivity contribution in [3.63, 3.8) is 0 Å². The van der Waals surface area contributed by atoms with Crippen molar-refractivity contribution in [1.82, 2.24) is 10.2 Å². The Balaban J connectivity index is 1.67. The van der Waals surface area contributed by atoms with E-state index >= 15 is 0 Å². The molecule has 3 unspecified atom stereocenters. The number of carbonyl (C=O) groups excluding carboxylic acids is 1. The Morgan fingerprint density at radius 3 is 2.91 bits per heavy atom. The van der Waals surface area contributed by atoms with Gasteiger partial charge in [-0.15, -0.1) is 0 Å². The maximum atomic E-state index is 12.9. The highest BCUT2D eigenvalue weighted by molar-refractivity contribution is 5.83. The Kier molecular flexibility index (Phi) is 4.50. The molecule has 0 spiro atoms. The molecule has 0 aliphatic carbocycles. The van der Waals surface area contributed by atoms with E-state index in [4.69, 9.17) is 0 Å². The van der Waals surface area contributed by atoms with Crippen LogP contribution >= 0.6 is 0 Å². The fraction of sp³-hybridized carbons (Fsp3) is 0.611. The molecule has 2 N–H and O–H groups in total. The molecule has 1 amide bonds. The third-order valence-electron chi connectivity index (χ3n) is 5.20. The maximum absolute atomic E-state index is 12.9. The van der Waals surface area contributed by atoms with Crippen LogP contribution in [-0.4, -0.2) is 41.6 Å². The zero-order valence-corrected chi connectivity index (χ0v) is 13.3. The van der Waals surface area contributed by atoms with Crippen molar-refractivity contribution in [2.24, 2.45) is 5.41 Å². The highest BCUT2D eigenvalue weighted by Gasteiger charge is 2.42. The monoisotopic (exact) mass is 302 g/mol. The summed E-state index contributed by atoms with van der Waals surface area (Å²) in [5.41, 5.74) is 0.677. The van der Waals surface area contributed by atoms with E-state index in [1.165, 1.54) is 0 Å². The molecule has 0 saturated carbocycles. The summed E-state index contributed by atoms with van der Waals surface area (Å²) >= 11 is 0. The van der Waals surface area contributed by atoms with Crippen molar-refractivity contribution in [3.8, 4) is 0 Å². The molecule has 4 heteroatoms. The number of likely N-dealkylation sites (tertiary alicyclic amines) is 1. The number of aliphatic hydroxyl groups is 1. The second-order valence-corrected chi connectivity index (χ2v) is 6.94. The van der Waals surface area contributed by atoms with Crippen molar-refractivity contribution < 1.29 is 9.90 Å². The molecule has 2 fully saturated rings. The highest BCUT2D eigenvalue weighted by atomic mass is 16.3. The van der Waals surface area contributed by atoms with E-state index in [9.17, 15) is 9.90 Å². The first-order chi connectivity index (χ1) is 10.6. The fourth-order valence-electron chi connectivity index (χ4n) is 3.76. The van der Waals surface area contributed by atoms with Gasteiger partial charge in [0.05, 0.1) is 11.5 Å². The number of hydrogen-bond acceptors (Lipinski definition) is 3. The topological polar surface area (TPSA) is 52.6 Å². The van der Waals surface area contributed by atoms with Crippen LogP contribution in [0, 0.1) is 5.41 Å². The zero-order valence-electron chi connectivity index (χ0n) is 13.3. The lowest BCUT2D eigenvalue weighted by Gasteiger charge is -2.33. The van der Waals surface area contributed by atoms with E-state index < -0.39 is 6.10 Å². The molecule has 3 atom stereocenters. The standard InChI is InChI=1S/C18H26N2O2/c1-18(9-10-19-13-18)17(22)20-11-5-8-15(20)12-16(21)14-6-3-2-4-7-14/h2-4,6-7,15-16,19,21H,5,8-13H2,1H3. The molecule has 4 nitrogen and oxygen atoms in total. The number of nitrogens with one attached hydrogen (secondary N) is 1. The van der Waals surface area contributed by atoms with Gasteiger partial charge in [-0.1, -0.05) is 30.3 Å². The van der Waals surface area contributed by atoms with E-state index in [0.717, 1.165) is 44.5 Å². The molecule has 0 aromatic heterocycles. The quantitative estimate of drug-likeness (QED) is 0.895. The largest absolute Gasteiger partial charge is 0.388 e. The molecule has 22 heavy (non-hydrogen) atoms. The van der Waals surface area contributed by atoms with Crippen LogP contribution in [0.3, 0.4) is 0 Å². The lowest BCUT2D eigenvalue weighted by molar-refractivity contribution is -0.141. The molecule has 3 rings (SSSR count). The Labute approximate surface area is 132 Å². The van der Waals surface area contributed by atoms with E-state index in [0.29, 0.717) is 6.42 Å². The van der Waals surface area contributed by atoms with Gasteiger partial charge in [0, 0.05) is 19.1 Å². The number of amides is 1.